The molecule has 1 aromatic carbocycles. The van der Waals surface area contributed by atoms with E-state index in [1.807, 2.05) is 36.4 Å². The minimum absolute atomic E-state index is 0.00593. The molecular weight excluding hydrogens is 298 g/mol. The van der Waals surface area contributed by atoms with E-state index in [-0.39, 0.29) is 11.8 Å². The second kappa shape index (κ2) is 6.90. The van der Waals surface area contributed by atoms with E-state index in [4.69, 9.17) is 11.6 Å². The van der Waals surface area contributed by atoms with Gasteiger partial charge in [-0.05, 0) is 31.0 Å². The highest BCUT2D eigenvalue weighted by molar-refractivity contribution is 6.33. The third kappa shape index (κ3) is 3.46. The highest BCUT2D eigenvalue weighted by Gasteiger charge is 2.21. The van der Waals surface area contributed by atoms with Gasteiger partial charge in [0.2, 0.25) is 5.91 Å². The van der Waals surface area contributed by atoms with Crippen LogP contribution in [-0.4, -0.2) is 24.0 Å². The number of anilines is 1. The lowest BCUT2D eigenvalue weighted by Gasteiger charge is -2.21. The summed E-state index contributed by atoms with van der Waals surface area (Å²) < 4.78 is 0. The van der Waals surface area contributed by atoms with Crippen molar-refractivity contribution in [2.24, 2.45) is 5.92 Å². The molecule has 0 spiro atoms. The average Bonchev–Trinajstić information content (AvgIpc) is 2.58. The number of halogens is 1. The zero-order valence-corrected chi connectivity index (χ0v) is 12.9. The van der Waals surface area contributed by atoms with Crippen molar-refractivity contribution < 1.29 is 4.79 Å². The van der Waals surface area contributed by atoms with Gasteiger partial charge in [-0.3, -0.25) is 4.79 Å². The minimum Gasteiger partial charge on any atom is -0.316 e. The summed E-state index contributed by atoms with van der Waals surface area (Å²) in [5.41, 5.74) is 1.87. The Morgan fingerprint density at radius 2 is 2.14 bits per heavy atom. The fourth-order valence-corrected chi connectivity index (χ4v) is 2.86. The van der Waals surface area contributed by atoms with Gasteiger partial charge in [-0.15, -0.1) is 0 Å². The van der Waals surface area contributed by atoms with Crippen molar-refractivity contribution in [1.29, 1.82) is 0 Å². The molecule has 1 atom stereocenters. The molecule has 1 amide bonds. The standard InChI is InChI=1S/C17H18ClN3O/c18-15-11-20-16(9-14(15)12-5-2-1-3-6-12)21-17(22)13-7-4-8-19-10-13/h1-3,5-6,9,11,13,19H,4,7-8,10H2,(H,20,21,22)/t13-/m1/s1. The summed E-state index contributed by atoms with van der Waals surface area (Å²) in [5.74, 6) is 0.561. The highest BCUT2D eigenvalue weighted by Crippen LogP contribution is 2.29. The fraction of sp³-hybridized carbons (Fsp3) is 0.294. The Kier molecular flexibility index (Phi) is 4.71. The Bertz CT molecular complexity index is 654. The summed E-state index contributed by atoms with van der Waals surface area (Å²) in [7, 11) is 0. The van der Waals surface area contributed by atoms with Crippen molar-refractivity contribution in [2.45, 2.75) is 12.8 Å². The molecule has 114 valence electrons. The molecule has 1 saturated heterocycles. The van der Waals surface area contributed by atoms with E-state index in [1.54, 1.807) is 6.20 Å². The maximum Gasteiger partial charge on any atom is 0.229 e. The van der Waals surface area contributed by atoms with Crippen molar-refractivity contribution >= 4 is 23.3 Å². The molecule has 22 heavy (non-hydrogen) atoms. The number of carbonyl (C=O) groups is 1. The van der Waals surface area contributed by atoms with Gasteiger partial charge in [-0.1, -0.05) is 41.9 Å². The predicted octanol–water partition coefficient (Wildman–Crippen LogP) is 3.34. The molecule has 1 aromatic heterocycles. The second-order valence-electron chi connectivity index (χ2n) is 5.45. The Labute approximate surface area is 134 Å². The van der Waals surface area contributed by atoms with Crippen LogP contribution in [-0.2, 0) is 4.79 Å². The molecule has 0 unspecified atom stereocenters. The van der Waals surface area contributed by atoms with E-state index in [9.17, 15) is 4.79 Å². The van der Waals surface area contributed by atoms with Crippen molar-refractivity contribution in [2.75, 3.05) is 18.4 Å². The molecule has 0 radical (unpaired) electrons. The minimum atomic E-state index is 0.00593. The van der Waals surface area contributed by atoms with Crippen LogP contribution in [0.4, 0.5) is 5.82 Å². The van der Waals surface area contributed by atoms with E-state index in [0.29, 0.717) is 10.8 Å². The van der Waals surface area contributed by atoms with Crippen LogP contribution in [0.1, 0.15) is 12.8 Å². The number of carbonyl (C=O) groups excluding carboxylic acids is 1. The number of hydrogen-bond donors (Lipinski definition) is 2. The lowest BCUT2D eigenvalue weighted by molar-refractivity contribution is -0.120. The quantitative estimate of drug-likeness (QED) is 0.913. The van der Waals surface area contributed by atoms with Crippen LogP contribution < -0.4 is 10.6 Å². The highest BCUT2D eigenvalue weighted by atomic mass is 35.5. The summed E-state index contributed by atoms with van der Waals surface area (Å²) >= 11 is 6.23. The summed E-state index contributed by atoms with van der Waals surface area (Å²) in [6, 6.07) is 11.7. The van der Waals surface area contributed by atoms with Gasteiger partial charge < -0.3 is 10.6 Å². The second-order valence-corrected chi connectivity index (χ2v) is 5.86. The molecule has 0 saturated carbocycles. The fourth-order valence-electron chi connectivity index (χ4n) is 2.65. The molecule has 0 bridgehead atoms. The van der Waals surface area contributed by atoms with E-state index in [2.05, 4.69) is 15.6 Å². The van der Waals surface area contributed by atoms with Crippen LogP contribution in [0.25, 0.3) is 11.1 Å². The third-order valence-electron chi connectivity index (χ3n) is 3.86. The van der Waals surface area contributed by atoms with Gasteiger partial charge in [-0.2, -0.15) is 0 Å². The van der Waals surface area contributed by atoms with Crippen LogP contribution >= 0.6 is 11.6 Å². The van der Waals surface area contributed by atoms with Gasteiger partial charge in [0.1, 0.15) is 5.82 Å². The summed E-state index contributed by atoms with van der Waals surface area (Å²) in [5, 5.41) is 6.72. The number of nitrogens with zero attached hydrogens (tertiary/aromatic N) is 1. The van der Waals surface area contributed by atoms with Crippen LogP contribution in [0.3, 0.4) is 0 Å². The molecule has 2 N–H and O–H groups in total. The number of rotatable bonds is 3. The predicted molar refractivity (Wildman–Crippen MR) is 88.9 cm³/mol. The molecule has 2 heterocycles. The zero-order chi connectivity index (χ0) is 15.4. The summed E-state index contributed by atoms with van der Waals surface area (Å²) in [6.07, 6.45) is 3.53. The number of nitrogens with one attached hydrogen (secondary N) is 2. The first-order valence-electron chi connectivity index (χ1n) is 7.46. The first-order chi connectivity index (χ1) is 10.7. The van der Waals surface area contributed by atoms with Crippen molar-refractivity contribution in [3.8, 4) is 11.1 Å². The number of piperidine rings is 1. The lowest BCUT2D eigenvalue weighted by Crippen LogP contribution is -2.37. The smallest absolute Gasteiger partial charge is 0.229 e. The topological polar surface area (TPSA) is 54.0 Å². The number of benzene rings is 1. The van der Waals surface area contributed by atoms with E-state index < -0.39 is 0 Å². The van der Waals surface area contributed by atoms with Crippen LogP contribution in [0.15, 0.2) is 42.6 Å². The van der Waals surface area contributed by atoms with Gasteiger partial charge in [0.25, 0.3) is 0 Å². The van der Waals surface area contributed by atoms with E-state index in [1.165, 1.54) is 0 Å². The summed E-state index contributed by atoms with van der Waals surface area (Å²) in [4.78, 5) is 16.5. The Balaban J connectivity index is 1.79. The number of amides is 1. The Morgan fingerprint density at radius 3 is 2.86 bits per heavy atom. The molecule has 5 heteroatoms. The average molecular weight is 316 g/mol. The first-order valence-corrected chi connectivity index (χ1v) is 7.84. The molecule has 1 fully saturated rings. The monoisotopic (exact) mass is 315 g/mol. The molecule has 1 aliphatic rings. The molecule has 4 nitrogen and oxygen atoms in total. The SMILES string of the molecule is O=C(Nc1cc(-c2ccccc2)c(Cl)cn1)[C@@H]1CCCNC1. The zero-order valence-electron chi connectivity index (χ0n) is 12.2. The number of hydrogen-bond acceptors (Lipinski definition) is 3. The van der Waals surface area contributed by atoms with Gasteiger partial charge in [-0.25, -0.2) is 4.98 Å². The van der Waals surface area contributed by atoms with Gasteiger partial charge in [0.05, 0.1) is 10.9 Å². The number of pyridine rings is 1. The van der Waals surface area contributed by atoms with Crippen LogP contribution in [0.2, 0.25) is 5.02 Å². The van der Waals surface area contributed by atoms with Gasteiger partial charge in [0.15, 0.2) is 0 Å². The van der Waals surface area contributed by atoms with Crippen LogP contribution in [0, 0.1) is 5.92 Å². The lowest BCUT2D eigenvalue weighted by atomic mass is 9.99. The molecular formula is C17H18ClN3O. The Morgan fingerprint density at radius 1 is 1.32 bits per heavy atom. The molecule has 3 rings (SSSR count). The van der Waals surface area contributed by atoms with Crippen molar-refractivity contribution in [3.63, 3.8) is 0 Å². The summed E-state index contributed by atoms with van der Waals surface area (Å²) in [6.45, 7) is 1.71. The van der Waals surface area contributed by atoms with Gasteiger partial charge in [0, 0.05) is 18.3 Å². The maximum absolute atomic E-state index is 12.3. The number of aromatic nitrogens is 1. The van der Waals surface area contributed by atoms with Crippen LogP contribution in [0.5, 0.6) is 0 Å². The molecule has 2 aromatic rings. The van der Waals surface area contributed by atoms with Crippen molar-refractivity contribution in [1.82, 2.24) is 10.3 Å². The third-order valence-corrected chi connectivity index (χ3v) is 4.16. The maximum atomic E-state index is 12.3. The van der Waals surface area contributed by atoms with E-state index in [0.717, 1.165) is 37.1 Å². The normalized spacial score (nSPS) is 18.0. The van der Waals surface area contributed by atoms with Crippen molar-refractivity contribution in [3.05, 3.63) is 47.6 Å². The largest absolute Gasteiger partial charge is 0.316 e. The van der Waals surface area contributed by atoms with E-state index >= 15 is 0 Å². The first kappa shape index (κ1) is 15.0. The molecule has 0 aliphatic carbocycles. The molecule has 1 aliphatic heterocycles. The van der Waals surface area contributed by atoms with Gasteiger partial charge >= 0.3 is 0 Å². The Hall–Kier alpha value is -1.91.